The number of benzene rings is 1. The molecular weight excluding hydrogens is 240 g/mol. The van der Waals surface area contributed by atoms with Crippen LogP contribution in [0.25, 0.3) is 0 Å². The van der Waals surface area contributed by atoms with E-state index in [1.165, 1.54) is 5.56 Å². The average molecular weight is 264 g/mol. The van der Waals surface area contributed by atoms with Gasteiger partial charge in [-0.15, -0.1) is 0 Å². The van der Waals surface area contributed by atoms with E-state index in [4.69, 9.17) is 10.5 Å². The molecule has 1 aromatic rings. The number of hydrogen-bond donors (Lipinski definition) is 2. The molecule has 106 valence electrons. The van der Waals surface area contributed by atoms with Crippen LogP contribution in [-0.4, -0.2) is 31.7 Å². The molecule has 0 aliphatic heterocycles. The Morgan fingerprint density at radius 3 is 2.74 bits per heavy atom. The van der Waals surface area contributed by atoms with Gasteiger partial charge in [-0.3, -0.25) is 4.79 Å². The zero-order chi connectivity index (χ0) is 13.9. The lowest BCUT2D eigenvalue weighted by atomic mass is 10.1. The van der Waals surface area contributed by atoms with Crippen LogP contribution >= 0.6 is 0 Å². The highest BCUT2D eigenvalue weighted by Gasteiger charge is 2.11. The van der Waals surface area contributed by atoms with Crippen molar-refractivity contribution in [1.82, 2.24) is 5.32 Å². The zero-order valence-electron chi connectivity index (χ0n) is 11.6. The topological polar surface area (TPSA) is 64.3 Å². The fourth-order valence-electron chi connectivity index (χ4n) is 1.87. The molecule has 19 heavy (non-hydrogen) atoms. The number of nitrogens with two attached hydrogens (primary N) is 1. The Balaban J connectivity index is 2.29. The van der Waals surface area contributed by atoms with Crippen LogP contribution in [0, 0.1) is 0 Å². The number of carbonyl (C=O) groups is 1. The van der Waals surface area contributed by atoms with Crippen LogP contribution in [0.3, 0.4) is 0 Å². The number of rotatable bonds is 9. The molecule has 3 N–H and O–H groups in total. The minimum Gasteiger partial charge on any atom is -0.382 e. The molecule has 0 aliphatic rings. The van der Waals surface area contributed by atoms with Crippen molar-refractivity contribution in [3.8, 4) is 0 Å². The summed E-state index contributed by atoms with van der Waals surface area (Å²) in [5.41, 5.74) is 6.89. The number of amides is 1. The second-order valence-electron chi connectivity index (χ2n) is 4.49. The first-order valence-corrected chi connectivity index (χ1v) is 6.87. The van der Waals surface area contributed by atoms with E-state index in [2.05, 4.69) is 5.32 Å². The summed E-state index contributed by atoms with van der Waals surface area (Å²) in [7, 11) is 0. The third kappa shape index (κ3) is 6.94. The van der Waals surface area contributed by atoms with E-state index in [9.17, 15) is 4.79 Å². The monoisotopic (exact) mass is 264 g/mol. The molecule has 4 nitrogen and oxygen atoms in total. The molecule has 0 radical (unpaired) electrons. The number of ether oxygens (including phenoxy) is 1. The van der Waals surface area contributed by atoms with Crippen molar-refractivity contribution < 1.29 is 9.53 Å². The number of hydrogen-bond acceptors (Lipinski definition) is 3. The van der Waals surface area contributed by atoms with Crippen molar-refractivity contribution in [3.05, 3.63) is 35.9 Å². The largest absolute Gasteiger partial charge is 0.382 e. The van der Waals surface area contributed by atoms with E-state index in [1.807, 2.05) is 37.3 Å². The quantitative estimate of drug-likeness (QED) is 0.664. The Morgan fingerprint density at radius 2 is 2.11 bits per heavy atom. The van der Waals surface area contributed by atoms with Crippen molar-refractivity contribution in [2.45, 2.75) is 32.2 Å². The first-order valence-electron chi connectivity index (χ1n) is 6.87. The molecule has 0 fully saturated rings. The molecule has 0 bridgehead atoms. The highest BCUT2D eigenvalue weighted by atomic mass is 16.5. The first kappa shape index (κ1) is 15.7. The minimum atomic E-state index is 0.00185. The lowest BCUT2D eigenvalue weighted by Gasteiger charge is -2.17. The maximum Gasteiger partial charge on any atom is 0.220 e. The fraction of sp³-hybridized carbons (Fsp3) is 0.533. The summed E-state index contributed by atoms with van der Waals surface area (Å²) in [6.45, 7) is 3.73. The molecule has 4 heteroatoms. The molecule has 1 aromatic carbocycles. The Bertz CT molecular complexity index is 354. The van der Waals surface area contributed by atoms with Gasteiger partial charge in [0.25, 0.3) is 0 Å². The molecule has 0 saturated heterocycles. The molecule has 1 rings (SSSR count). The van der Waals surface area contributed by atoms with Gasteiger partial charge in [0.1, 0.15) is 0 Å². The predicted octanol–water partition coefficient (Wildman–Crippen LogP) is 1.49. The molecule has 1 atom stereocenters. The van der Waals surface area contributed by atoms with Gasteiger partial charge in [0.05, 0.1) is 0 Å². The van der Waals surface area contributed by atoms with Crippen LogP contribution in [0.2, 0.25) is 0 Å². The summed E-state index contributed by atoms with van der Waals surface area (Å²) in [5, 5.41) is 2.97. The maximum absolute atomic E-state index is 11.7. The van der Waals surface area contributed by atoms with E-state index in [1.54, 1.807) is 0 Å². The van der Waals surface area contributed by atoms with Gasteiger partial charge in [-0.25, -0.2) is 0 Å². The average Bonchev–Trinajstić information content (AvgIpc) is 2.44. The normalized spacial score (nSPS) is 12.1. The first-order chi connectivity index (χ1) is 9.26. The second-order valence-corrected chi connectivity index (χ2v) is 4.49. The van der Waals surface area contributed by atoms with E-state index >= 15 is 0 Å². The fourth-order valence-corrected chi connectivity index (χ4v) is 1.87. The maximum atomic E-state index is 11.7. The van der Waals surface area contributed by atoms with Crippen molar-refractivity contribution >= 4 is 5.91 Å². The summed E-state index contributed by atoms with van der Waals surface area (Å²) in [6.07, 6.45) is 2.02. The van der Waals surface area contributed by atoms with Crippen molar-refractivity contribution in [2.24, 2.45) is 5.73 Å². The zero-order valence-corrected chi connectivity index (χ0v) is 11.6. The van der Waals surface area contributed by atoms with E-state index in [0.29, 0.717) is 26.2 Å². The van der Waals surface area contributed by atoms with E-state index in [-0.39, 0.29) is 11.9 Å². The van der Waals surface area contributed by atoms with Crippen LogP contribution in [0.4, 0.5) is 0 Å². The predicted molar refractivity (Wildman–Crippen MR) is 76.9 cm³/mol. The Labute approximate surface area is 115 Å². The Hall–Kier alpha value is -1.39. The van der Waals surface area contributed by atoms with Crippen molar-refractivity contribution in [1.29, 1.82) is 0 Å². The van der Waals surface area contributed by atoms with Crippen molar-refractivity contribution in [3.63, 3.8) is 0 Å². The minimum absolute atomic E-state index is 0.00185. The molecule has 0 heterocycles. The summed E-state index contributed by atoms with van der Waals surface area (Å²) < 4.78 is 5.21. The molecular formula is C15H24N2O2. The third-order valence-electron chi connectivity index (χ3n) is 2.87. The van der Waals surface area contributed by atoms with Crippen molar-refractivity contribution in [2.75, 3.05) is 19.8 Å². The highest BCUT2D eigenvalue weighted by Crippen LogP contribution is 2.03. The SMILES string of the molecule is CCOCCCC(=O)NC(CN)Cc1ccccc1. The second kappa shape index (κ2) is 9.53. The van der Waals surface area contributed by atoms with Gasteiger partial charge in [0.15, 0.2) is 0 Å². The van der Waals surface area contributed by atoms with E-state index in [0.717, 1.165) is 12.8 Å². The molecule has 0 saturated carbocycles. The van der Waals surface area contributed by atoms with Crippen LogP contribution in [0.5, 0.6) is 0 Å². The van der Waals surface area contributed by atoms with Gasteiger partial charge >= 0.3 is 0 Å². The summed E-state index contributed by atoms with van der Waals surface area (Å²) in [4.78, 5) is 11.7. The van der Waals surface area contributed by atoms with Gasteiger partial charge in [0, 0.05) is 32.2 Å². The standard InChI is InChI=1S/C15H24N2O2/c1-2-19-10-6-9-15(18)17-14(12-16)11-13-7-4-3-5-8-13/h3-5,7-8,14H,2,6,9-12,16H2,1H3,(H,17,18). The van der Waals surface area contributed by atoms with Crippen LogP contribution in [0.15, 0.2) is 30.3 Å². The van der Waals surface area contributed by atoms with Gasteiger partial charge in [-0.1, -0.05) is 30.3 Å². The van der Waals surface area contributed by atoms with E-state index < -0.39 is 0 Å². The van der Waals surface area contributed by atoms with Crippen LogP contribution < -0.4 is 11.1 Å². The molecule has 1 unspecified atom stereocenters. The number of nitrogens with one attached hydrogen (secondary N) is 1. The molecule has 0 aliphatic carbocycles. The Kier molecular flexibility index (Phi) is 7.86. The third-order valence-corrected chi connectivity index (χ3v) is 2.87. The molecule has 0 aromatic heterocycles. The number of carbonyl (C=O) groups excluding carboxylic acids is 1. The van der Waals surface area contributed by atoms with Gasteiger partial charge in [-0.05, 0) is 25.3 Å². The van der Waals surface area contributed by atoms with Crippen LogP contribution in [0.1, 0.15) is 25.3 Å². The molecule has 0 spiro atoms. The lowest BCUT2D eigenvalue weighted by molar-refractivity contribution is -0.122. The molecule has 1 amide bonds. The lowest BCUT2D eigenvalue weighted by Crippen LogP contribution is -2.41. The van der Waals surface area contributed by atoms with Gasteiger partial charge < -0.3 is 15.8 Å². The highest BCUT2D eigenvalue weighted by molar-refractivity contribution is 5.76. The summed E-state index contributed by atoms with van der Waals surface area (Å²) in [5.74, 6) is 0.0473. The van der Waals surface area contributed by atoms with Crippen LogP contribution in [-0.2, 0) is 16.0 Å². The Morgan fingerprint density at radius 1 is 1.37 bits per heavy atom. The summed E-state index contributed by atoms with van der Waals surface area (Å²) >= 11 is 0. The van der Waals surface area contributed by atoms with Gasteiger partial charge in [0.2, 0.25) is 5.91 Å². The smallest absolute Gasteiger partial charge is 0.220 e. The van der Waals surface area contributed by atoms with Gasteiger partial charge in [-0.2, -0.15) is 0 Å². The summed E-state index contributed by atoms with van der Waals surface area (Å²) in [6, 6.07) is 10.1.